The molecule has 1 unspecified atom stereocenters. The van der Waals surface area contributed by atoms with Gasteiger partial charge in [-0.15, -0.1) is 0 Å². The Morgan fingerprint density at radius 1 is 1.61 bits per heavy atom. The third-order valence-electron chi connectivity index (χ3n) is 3.27. The summed E-state index contributed by atoms with van der Waals surface area (Å²) in [6, 6.07) is 3.39. The van der Waals surface area contributed by atoms with E-state index in [2.05, 4.69) is 10.4 Å². The van der Waals surface area contributed by atoms with E-state index in [0.29, 0.717) is 17.3 Å². The van der Waals surface area contributed by atoms with Crippen LogP contribution in [0.2, 0.25) is 0 Å². The van der Waals surface area contributed by atoms with Crippen LogP contribution >= 0.6 is 0 Å². The molecular formula is C12H18N4O2. The van der Waals surface area contributed by atoms with Crippen molar-refractivity contribution < 1.29 is 9.90 Å². The first-order chi connectivity index (χ1) is 8.74. The highest BCUT2D eigenvalue weighted by Crippen LogP contribution is 2.21. The number of aromatic nitrogens is 1. The molecule has 6 nitrogen and oxygen atoms in total. The van der Waals surface area contributed by atoms with E-state index in [4.69, 9.17) is 10.9 Å². The Hall–Kier alpha value is -1.66. The number of nitrogens with zero attached hydrogens (tertiary/aromatic N) is 2. The van der Waals surface area contributed by atoms with Crippen LogP contribution < -0.4 is 11.3 Å². The summed E-state index contributed by atoms with van der Waals surface area (Å²) in [6.07, 6.45) is 3.25. The van der Waals surface area contributed by atoms with Crippen LogP contribution in [0.15, 0.2) is 18.3 Å². The molecule has 0 bridgehead atoms. The Labute approximate surface area is 106 Å². The van der Waals surface area contributed by atoms with Crippen LogP contribution in [0.1, 0.15) is 23.2 Å². The lowest BCUT2D eigenvalue weighted by Crippen LogP contribution is -2.29. The molecule has 1 aliphatic heterocycles. The second-order valence-corrected chi connectivity index (χ2v) is 4.49. The number of anilines is 1. The molecule has 0 saturated carbocycles. The van der Waals surface area contributed by atoms with Crippen molar-refractivity contribution in [2.75, 3.05) is 25.1 Å². The first-order valence-corrected chi connectivity index (χ1v) is 6.07. The fraction of sp³-hybridized carbons (Fsp3) is 0.500. The smallest absolute Gasteiger partial charge is 0.255 e. The van der Waals surface area contributed by atoms with E-state index in [1.807, 2.05) is 4.90 Å². The number of likely N-dealkylation sites (tertiary alicyclic amines) is 1. The van der Waals surface area contributed by atoms with Crippen LogP contribution in [0, 0.1) is 5.92 Å². The van der Waals surface area contributed by atoms with Crippen molar-refractivity contribution in [3.8, 4) is 0 Å². The molecule has 0 spiro atoms. The van der Waals surface area contributed by atoms with Gasteiger partial charge in [-0.05, 0) is 30.9 Å². The van der Waals surface area contributed by atoms with E-state index in [0.717, 1.165) is 25.9 Å². The average Bonchev–Trinajstić information content (AvgIpc) is 2.87. The van der Waals surface area contributed by atoms with Crippen molar-refractivity contribution in [1.82, 2.24) is 9.88 Å². The molecule has 1 aliphatic rings. The third kappa shape index (κ3) is 2.77. The number of carbonyl (C=O) groups excluding carboxylic acids is 1. The molecule has 1 fully saturated rings. The van der Waals surface area contributed by atoms with Gasteiger partial charge in [0.05, 0.1) is 5.56 Å². The summed E-state index contributed by atoms with van der Waals surface area (Å²) >= 11 is 0. The number of amides is 1. The molecule has 0 aliphatic carbocycles. The van der Waals surface area contributed by atoms with Gasteiger partial charge in [0.15, 0.2) is 0 Å². The summed E-state index contributed by atoms with van der Waals surface area (Å²) in [4.78, 5) is 18.0. The molecule has 1 aromatic heterocycles. The number of nitrogens with two attached hydrogens (primary N) is 1. The number of nitrogen functional groups attached to an aromatic ring is 1. The van der Waals surface area contributed by atoms with Crippen LogP contribution in [0.5, 0.6) is 0 Å². The van der Waals surface area contributed by atoms with Gasteiger partial charge in [-0.3, -0.25) is 4.79 Å². The van der Waals surface area contributed by atoms with Crippen molar-refractivity contribution in [2.24, 2.45) is 11.8 Å². The highest BCUT2D eigenvalue weighted by atomic mass is 16.3. The molecule has 0 aromatic carbocycles. The minimum Gasteiger partial charge on any atom is -0.396 e. The Balaban J connectivity index is 1.98. The zero-order valence-electron chi connectivity index (χ0n) is 10.2. The second-order valence-electron chi connectivity index (χ2n) is 4.49. The van der Waals surface area contributed by atoms with Crippen molar-refractivity contribution in [2.45, 2.75) is 12.8 Å². The molecule has 18 heavy (non-hydrogen) atoms. The zero-order valence-corrected chi connectivity index (χ0v) is 10.2. The minimum absolute atomic E-state index is 0.00786. The van der Waals surface area contributed by atoms with Gasteiger partial charge in [0.2, 0.25) is 0 Å². The molecule has 1 amide bonds. The van der Waals surface area contributed by atoms with Crippen LogP contribution in [0.3, 0.4) is 0 Å². The number of carbonyl (C=O) groups is 1. The highest BCUT2D eigenvalue weighted by molar-refractivity contribution is 5.94. The van der Waals surface area contributed by atoms with E-state index in [1.165, 1.54) is 6.20 Å². The monoisotopic (exact) mass is 250 g/mol. The van der Waals surface area contributed by atoms with Gasteiger partial charge in [0.1, 0.15) is 5.82 Å². The summed E-state index contributed by atoms with van der Waals surface area (Å²) in [5.41, 5.74) is 2.99. The minimum atomic E-state index is -0.00786. The lowest BCUT2D eigenvalue weighted by molar-refractivity contribution is 0.0784. The van der Waals surface area contributed by atoms with E-state index >= 15 is 0 Å². The number of hydrogen-bond donors (Lipinski definition) is 3. The fourth-order valence-corrected chi connectivity index (χ4v) is 2.22. The van der Waals surface area contributed by atoms with E-state index in [9.17, 15) is 4.79 Å². The number of hydrogen-bond acceptors (Lipinski definition) is 5. The van der Waals surface area contributed by atoms with Gasteiger partial charge in [-0.25, -0.2) is 10.8 Å². The summed E-state index contributed by atoms with van der Waals surface area (Å²) in [7, 11) is 0. The number of hydrazine groups is 1. The van der Waals surface area contributed by atoms with Gasteiger partial charge in [0.25, 0.3) is 5.91 Å². The molecule has 1 atom stereocenters. The number of aliphatic hydroxyl groups excluding tert-OH is 1. The number of pyridine rings is 1. The summed E-state index contributed by atoms with van der Waals surface area (Å²) in [6.45, 7) is 1.65. The number of rotatable bonds is 4. The summed E-state index contributed by atoms with van der Waals surface area (Å²) < 4.78 is 0. The Morgan fingerprint density at radius 3 is 3.06 bits per heavy atom. The first kappa shape index (κ1) is 12.8. The molecule has 4 N–H and O–H groups in total. The van der Waals surface area contributed by atoms with Crippen molar-refractivity contribution in [3.05, 3.63) is 23.9 Å². The molecule has 98 valence electrons. The van der Waals surface area contributed by atoms with Crippen molar-refractivity contribution in [1.29, 1.82) is 0 Å². The molecule has 1 saturated heterocycles. The SMILES string of the molecule is NNc1ccc(C(=O)N2CCC(CCO)C2)cn1. The highest BCUT2D eigenvalue weighted by Gasteiger charge is 2.26. The first-order valence-electron chi connectivity index (χ1n) is 6.07. The van der Waals surface area contributed by atoms with Crippen molar-refractivity contribution in [3.63, 3.8) is 0 Å². The van der Waals surface area contributed by atoms with Gasteiger partial charge >= 0.3 is 0 Å². The Kier molecular flexibility index (Phi) is 4.11. The summed E-state index contributed by atoms with van der Waals surface area (Å²) in [5.74, 6) is 6.16. The Morgan fingerprint density at radius 2 is 2.44 bits per heavy atom. The van der Waals surface area contributed by atoms with Crippen LogP contribution in [-0.4, -0.2) is 40.6 Å². The van der Waals surface area contributed by atoms with Gasteiger partial charge in [-0.1, -0.05) is 0 Å². The number of aliphatic hydroxyl groups is 1. The quantitative estimate of drug-likeness (QED) is 0.525. The average molecular weight is 250 g/mol. The van der Waals surface area contributed by atoms with Gasteiger partial charge < -0.3 is 15.4 Å². The van der Waals surface area contributed by atoms with Crippen LogP contribution in [0.25, 0.3) is 0 Å². The summed E-state index contributed by atoms with van der Waals surface area (Å²) in [5, 5.41) is 8.89. The van der Waals surface area contributed by atoms with Crippen LogP contribution in [-0.2, 0) is 0 Å². The van der Waals surface area contributed by atoms with E-state index < -0.39 is 0 Å². The standard InChI is InChI=1S/C12H18N4O2/c13-15-11-2-1-10(7-14-11)12(18)16-5-3-9(8-16)4-6-17/h1-2,7,9,17H,3-6,8,13H2,(H,14,15). The molecule has 6 heteroatoms. The molecule has 0 radical (unpaired) electrons. The molecule has 1 aromatic rings. The van der Waals surface area contributed by atoms with E-state index in [-0.39, 0.29) is 12.5 Å². The number of nitrogens with one attached hydrogen (secondary N) is 1. The Bertz CT molecular complexity index is 407. The third-order valence-corrected chi connectivity index (χ3v) is 3.27. The molecule has 2 heterocycles. The predicted molar refractivity (Wildman–Crippen MR) is 67.8 cm³/mol. The molecule has 2 rings (SSSR count). The maximum absolute atomic E-state index is 12.2. The topological polar surface area (TPSA) is 91.5 Å². The lowest BCUT2D eigenvalue weighted by Gasteiger charge is -2.16. The fourth-order valence-electron chi connectivity index (χ4n) is 2.22. The van der Waals surface area contributed by atoms with Crippen LogP contribution in [0.4, 0.5) is 5.82 Å². The zero-order chi connectivity index (χ0) is 13.0. The maximum Gasteiger partial charge on any atom is 0.255 e. The lowest BCUT2D eigenvalue weighted by atomic mass is 10.1. The normalized spacial score (nSPS) is 19.0. The predicted octanol–water partition coefficient (Wildman–Crippen LogP) is 0.212. The van der Waals surface area contributed by atoms with Gasteiger partial charge in [0, 0.05) is 25.9 Å². The largest absolute Gasteiger partial charge is 0.396 e. The maximum atomic E-state index is 12.2. The van der Waals surface area contributed by atoms with Gasteiger partial charge in [-0.2, -0.15) is 0 Å². The van der Waals surface area contributed by atoms with E-state index in [1.54, 1.807) is 12.1 Å². The van der Waals surface area contributed by atoms with Crippen molar-refractivity contribution >= 4 is 11.7 Å². The molecular weight excluding hydrogens is 232 g/mol. The second kappa shape index (κ2) is 5.79.